The highest BCUT2D eigenvalue weighted by Gasteiger charge is 2.42. The van der Waals surface area contributed by atoms with E-state index in [1.165, 1.54) is 0 Å². The Kier molecular flexibility index (Phi) is 7.07. The summed E-state index contributed by atoms with van der Waals surface area (Å²) >= 11 is 12.4. The number of hydrogen-bond donors (Lipinski definition) is 4. The van der Waals surface area contributed by atoms with Crippen LogP contribution in [0.25, 0.3) is 5.69 Å². The standard InChI is InChI=1S/C19H14BCl2F2N5O7S/c20-19(4-8(30)5-19)28-37(34,35)12-3-13(25-6-11(12)31)36-15-9(21)1-7(2-10(15)22)29-18(33)26-17(32)14(27-29)16(23)24/h1-3,6,8,16,28,30-31H,4-5H2,(H,26,32,33). The Morgan fingerprint density at radius 1 is 1.24 bits per heavy atom. The number of aromatic nitrogens is 4. The molecule has 0 amide bonds. The van der Waals surface area contributed by atoms with E-state index in [4.69, 9.17) is 35.8 Å². The van der Waals surface area contributed by atoms with Crippen molar-refractivity contribution in [3.63, 3.8) is 0 Å². The van der Waals surface area contributed by atoms with Gasteiger partial charge in [-0.3, -0.25) is 9.78 Å². The molecule has 0 bridgehead atoms. The van der Waals surface area contributed by atoms with Crippen LogP contribution in [0, 0.1) is 0 Å². The third kappa shape index (κ3) is 5.47. The average molecular weight is 576 g/mol. The van der Waals surface area contributed by atoms with Crippen molar-refractivity contribution in [2.45, 2.75) is 35.7 Å². The average Bonchev–Trinajstić information content (AvgIpc) is 2.75. The Hall–Kier alpha value is -3.05. The van der Waals surface area contributed by atoms with Crippen molar-refractivity contribution in [3.8, 4) is 23.1 Å². The summed E-state index contributed by atoms with van der Waals surface area (Å²) in [6.45, 7) is 0. The van der Waals surface area contributed by atoms with Crippen molar-refractivity contribution in [2.24, 2.45) is 0 Å². The number of pyridine rings is 1. The quantitative estimate of drug-likeness (QED) is 0.303. The number of H-pyrrole nitrogens is 1. The molecule has 1 fully saturated rings. The van der Waals surface area contributed by atoms with Gasteiger partial charge in [-0.15, -0.1) is 0 Å². The SMILES string of the molecule is [B]C1(NS(=O)(=O)c2cc(Oc3c(Cl)cc(-n4nc(C(F)F)c(=O)[nH]c4=O)cc3Cl)ncc2O)CC(O)C1. The van der Waals surface area contributed by atoms with Gasteiger partial charge in [-0.1, -0.05) is 23.2 Å². The van der Waals surface area contributed by atoms with Gasteiger partial charge in [0.05, 0.1) is 35.9 Å². The van der Waals surface area contributed by atoms with Crippen LogP contribution >= 0.6 is 23.2 Å². The molecule has 4 N–H and O–H groups in total. The van der Waals surface area contributed by atoms with E-state index in [-0.39, 0.29) is 40.2 Å². The van der Waals surface area contributed by atoms with Crippen molar-refractivity contribution < 1.29 is 32.1 Å². The van der Waals surface area contributed by atoms with Crippen LogP contribution in [0.4, 0.5) is 8.78 Å². The van der Waals surface area contributed by atoms with Gasteiger partial charge in [-0.2, -0.15) is 9.78 Å². The number of aliphatic hydroxyl groups is 1. The van der Waals surface area contributed by atoms with Crippen molar-refractivity contribution >= 4 is 41.1 Å². The second-order valence-electron chi connectivity index (χ2n) is 8.01. The summed E-state index contributed by atoms with van der Waals surface area (Å²) in [5.74, 6) is -1.38. The zero-order chi connectivity index (χ0) is 27.3. The molecule has 0 atom stereocenters. The summed E-state index contributed by atoms with van der Waals surface area (Å²) in [4.78, 5) is 28.4. The molecule has 0 spiro atoms. The highest BCUT2D eigenvalue weighted by atomic mass is 35.5. The number of aromatic amines is 1. The summed E-state index contributed by atoms with van der Waals surface area (Å²) in [5.41, 5.74) is -5.32. The molecule has 1 aromatic carbocycles. The minimum absolute atomic E-state index is 0.0367. The van der Waals surface area contributed by atoms with Crippen molar-refractivity contribution in [1.82, 2.24) is 24.5 Å². The largest absolute Gasteiger partial charge is 0.505 e. The second-order valence-corrected chi connectivity index (χ2v) is 10.5. The minimum atomic E-state index is -4.39. The molecule has 1 aliphatic rings. The lowest BCUT2D eigenvalue weighted by atomic mass is 9.62. The minimum Gasteiger partial charge on any atom is -0.505 e. The van der Waals surface area contributed by atoms with Gasteiger partial charge in [0.1, 0.15) is 4.90 Å². The topological polar surface area (TPSA) is 176 Å². The number of alkyl halides is 2. The van der Waals surface area contributed by atoms with E-state index < -0.39 is 55.6 Å². The molecule has 18 heteroatoms. The van der Waals surface area contributed by atoms with Gasteiger partial charge < -0.3 is 14.9 Å². The summed E-state index contributed by atoms with van der Waals surface area (Å²) < 4.78 is 59.7. The first-order valence-corrected chi connectivity index (χ1v) is 12.3. The van der Waals surface area contributed by atoms with Gasteiger partial charge >= 0.3 is 5.69 Å². The van der Waals surface area contributed by atoms with Crippen molar-refractivity contribution in [2.75, 3.05) is 0 Å². The van der Waals surface area contributed by atoms with Crippen LogP contribution in [-0.4, -0.2) is 57.8 Å². The molecule has 12 nitrogen and oxygen atoms in total. The molecule has 2 radical (unpaired) electrons. The Balaban J connectivity index is 1.66. The van der Waals surface area contributed by atoms with E-state index in [0.29, 0.717) is 4.68 Å². The van der Waals surface area contributed by atoms with Gasteiger partial charge in [-0.05, 0) is 30.4 Å². The third-order valence-electron chi connectivity index (χ3n) is 5.14. The highest BCUT2D eigenvalue weighted by molar-refractivity contribution is 7.89. The Morgan fingerprint density at radius 2 is 1.86 bits per heavy atom. The van der Waals surface area contributed by atoms with E-state index in [1.807, 2.05) is 0 Å². The fourth-order valence-corrected chi connectivity index (χ4v) is 5.42. The van der Waals surface area contributed by atoms with E-state index >= 15 is 0 Å². The number of hydrogen-bond acceptors (Lipinski definition) is 9. The number of sulfonamides is 1. The lowest BCUT2D eigenvalue weighted by Crippen LogP contribution is -2.59. The van der Waals surface area contributed by atoms with Crippen LogP contribution in [0.1, 0.15) is 25.0 Å². The van der Waals surface area contributed by atoms with Gasteiger partial charge in [0.25, 0.3) is 12.0 Å². The summed E-state index contributed by atoms with van der Waals surface area (Å²) in [6, 6.07) is 2.98. The molecule has 37 heavy (non-hydrogen) atoms. The molecule has 2 aromatic heterocycles. The van der Waals surface area contributed by atoms with Crippen LogP contribution in [0.2, 0.25) is 10.0 Å². The molecule has 194 valence electrons. The predicted molar refractivity (Wildman–Crippen MR) is 125 cm³/mol. The molecule has 0 saturated heterocycles. The lowest BCUT2D eigenvalue weighted by molar-refractivity contribution is 0.0532. The van der Waals surface area contributed by atoms with Crippen molar-refractivity contribution in [1.29, 1.82) is 0 Å². The van der Waals surface area contributed by atoms with Crippen molar-refractivity contribution in [3.05, 3.63) is 61.0 Å². The lowest BCUT2D eigenvalue weighted by Gasteiger charge is -2.43. The van der Waals surface area contributed by atoms with Crippen LogP contribution in [0.5, 0.6) is 17.4 Å². The van der Waals surface area contributed by atoms with Crippen LogP contribution < -0.4 is 20.7 Å². The number of nitrogens with zero attached hydrogens (tertiary/aromatic N) is 3. The van der Waals surface area contributed by atoms with Gasteiger partial charge in [0.15, 0.2) is 17.2 Å². The summed E-state index contributed by atoms with van der Waals surface area (Å²) in [5, 5.41) is 22.3. The molecule has 2 heterocycles. The van der Waals surface area contributed by atoms with E-state index in [2.05, 4.69) is 14.8 Å². The van der Waals surface area contributed by atoms with Crippen LogP contribution in [0.15, 0.2) is 38.9 Å². The Morgan fingerprint density at radius 3 is 2.43 bits per heavy atom. The number of ether oxygens (including phenoxy) is 1. The number of aliphatic hydroxyl groups excluding tert-OH is 1. The van der Waals surface area contributed by atoms with Crippen LogP contribution in [-0.2, 0) is 10.0 Å². The first kappa shape index (κ1) is 27.0. The number of halogens is 4. The zero-order valence-electron chi connectivity index (χ0n) is 18.2. The van der Waals surface area contributed by atoms with Gasteiger partial charge in [-0.25, -0.2) is 31.7 Å². The molecule has 3 aromatic rings. The molecular weight excluding hydrogens is 562 g/mol. The zero-order valence-corrected chi connectivity index (χ0v) is 20.5. The molecule has 0 aliphatic heterocycles. The highest BCUT2D eigenvalue weighted by Crippen LogP contribution is 2.39. The fourth-order valence-electron chi connectivity index (χ4n) is 3.47. The van der Waals surface area contributed by atoms with E-state index in [9.17, 15) is 37.0 Å². The smallest absolute Gasteiger partial charge is 0.349 e. The maximum Gasteiger partial charge on any atom is 0.349 e. The molecule has 1 aliphatic carbocycles. The maximum absolute atomic E-state index is 13.0. The Bertz CT molecular complexity index is 1590. The number of benzene rings is 1. The Labute approximate surface area is 217 Å². The number of rotatable bonds is 7. The fraction of sp³-hybridized carbons (Fsp3) is 0.263. The number of aromatic hydroxyl groups is 1. The normalized spacial score (nSPS) is 19.6. The van der Waals surface area contributed by atoms with E-state index in [1.54, 1.807) is 4.98 Å². The van der Waals surface area contributed by atoms with Gasteiger partial charge in [0.2, 0.25) is 15.9 Å². The maximum atomic E-state index is 13.0. The third-order valence-corrected chi connectivity index (χ3v) is 7.28. The first-order chi connectivity index (χ1) is 17.2. The summed E-state index contributed by atoms with van der Waals surface area (Å²) in [6.07, 6.45) is -3.33. The first-order valence-electron chi connectivity index (χ1n) is 10.1. The molecular formula is C19H14BCl2F2N5O7S. The van der Waals surface area contributed by atoms with Gasteiger partial charge in [0, 0.05) is 6.07 Å². The van der Waals surface area contributed by atoms with E-state index in [0.717, 1.165) is 24.4 Å². The summed E-state index contributed by atoms with van der Waals surface area (Å²) in [7, 11) is 1.48. The van der Waals surface area contributed by atoms with Crippen LogP contribution in [0.3, 0.4) is 0 Å². The molecule has 0 unspecified atom stereocenters. The molecule has 1 saturated carbocycles. The number of nitrogens with one attached hydrogen (secondary N) is 2. The second kappa shape index (κ2) is 9.68. The predicted octanol–water partition coefficient (Wildman–Crippen LogP) is 1.36. The molecule has 4 rings (SSSR count). The monoisotopic (exact) mass is 575 g/mol.